The number of imidazole rings is 1. The second kappa shape index (κ2) is 10.5. The number of para-hydroxylation sites is 2. The zero-order valence-electron chi connectivity index (χ0n) is 18.8. The van der Waals surface area contributed by atoms with Gasteiger partial charge in [-0.25, -0.2) is 9.78 Å². The monoisotopic (exact) mass is 485 g/mol. The van der Waals surface area contributed by atoms with Crippen molar-refractivity contribution in [1.82, 2.24) is 14.5 Å². The Morgan fingerprint density at radius 1 is 0.829 bits per heavy atom. The van der Waals surface area contributed by atoms with Crippen LogP contribution in [0.5, 0.6) is 0 Å². The van der Waals surface area contributed by atoms with Crippen LogP contribution < -0.4 is 0 Å². The molecule has 0 fully saturated rings. The van der Waals surface area contributed by atoms with Gasteiger partial charge in [-0.2, -0.15) is 0 Å². The summed E-state index contributed by atoms with van der Waals surface area (Å²) in [6.45, 7) is 0.415. The highest BCUT2D eigenvalue weighted by Gasteiger charge is 2.41. The van der Waals surface area contributed by atoms with Crippen molar-refractivity contribution in [2.75, 3.05) is 6.61 Å². The number of esters is 1. The van der Waals surface area contributed by atoms with E-state index in [2.05, 4.69) is 4.98 Å². The van der Waals surface area contributed by atoms with Crippen LogP contribution >= 0.6 is 12.4 Å². The van der Waals surface area contributed by atoms with Crippen LogP contribution in [-0.2, 0) is 21.7 Å². The fourth-order valence-electron chi connectivity index (χ4n) is 4.09. The van der Waals surface area contributed by atoms with Crippen LogP contribution in [-0.4, -0.2) is 32.2 Å². The number of carbonyl (C=O) groups is 1. The van der Waals surface area contributed by atoms with E-state index in [0.717, 1.165) is 16.7 Å². The number of aliphatic hydroxyl groups is 1. The van der Waals surface area contributed by atoms with Gasteiger partial charge < -0.3 is 14.4 Å². The van der Waals surface area contributed by atoms with E-state index in [1.54, 1.807) is 54.7 Å². The van der Waals surface area contributed by atoms with Crippen molar-refractivity contribution in [3.05, 3.63) is 120 Å². The highest BCUT2D eigenvalue weighted by Crippen LogP contribution is 2.31. The number of halogens is 1. The van der Waals surface area contributed by atoms with E-state index in [1.165, 1.54) is 0 Å². The Morgan fingerprint density at radius 3 is 2.06 bits per heavy atom. The first-order valence-corrected chi connectivity index (χ1v) is 11.1. The minimum atomic E-state index is -1.91. The summed E-state index contributed by atoms with van der Waals surface area (Å²) in [6, 6.07) is 31.1. The number of ether oxygens (including phenoxy) is 1. The van der Waals surface area contributed by atoms with E-state index in [1.807, 2.05) is 59.2 Å². The maximum atomic E-state index is 13.3. The van der Waals surface area contributed by atoms with E-state index in [4.69, 9.17) is 9.72 Å². The van der Waals surface area contributed by atoms with Crippen molar-refractivity contribution in [1.29, 1.82) is 0 Å². The predicted molar refractivity (Wildman–Crippen MR) is 137 cm³/mol. The zero-order valence-corrected chi connectivity index (χ0v) is 19.6. The van der Waals surface area contributed by atoms with Crippen molar-refractivity contribution in [3.8, 4) is 11.5 Å². The maximum Gasteiger partial charge on any atom is 0.347 e. The number of pyridine rings is 1. The van der Waals surface area contributed by atoms with E-state index >= 15 is 0 Å². The summed E-state index contributed by atoms with van der Waals surface area (Å²) >= 11 is 0. The minimum absolute atomic E-state index is 0. The van der Waals surface area contributed by atoms with Gasteiger partial charge in [-0.05, 0) is 35.4 Å². The molecule has 0 spiro atoms. The second-order valence-electron chi connectivity index (χ2n) is 7.87. The first-order chi connectivity index (χ1) is 16.7. The number of nitrogens with zero attached hydrogens (tertiary/aromatic N) is 3. The van der Waals surface area contributed by atoms with Crippen LogP contribution in [0.4, 0.5) is 0 Å². The summed E-state index contributed by atoms with van der Waals surface area (Å²) in [5.74, 6) is -0.0343. The van der Waals surface area contributed by atoms with Gasteiger partial charge in [-0.3, -0.25) is 4.98 Å². The molecule has 0 saturated carbocycles. The summed E-state index contributed by atoms with van der Waals surface area (Å²) < 4.78 is 7.65. The summed E-state index contributed by atoms with van der Waals surface area (Å²) in [5.41, 5.74) is 1.47. The van der Waals surface area contributed by atoms with E-state index < -0.39 is 11.6 Å². The number of benzene rings is 3. The topological polar surface area (TPSA) is 77.2 Å². The molecule has 0 radical (unpaired) electrons. The van der Waals surface area contributed by atoms with Crippen molar-refractivity contribution in [3.63, 3.8) is 0 Å². The van der Waals surface area contributed by atoms with Crippen LogP contribution in [0.15, 0.2) is 109 Å². The molecule has 6 nitrogen and oxygen atoms in total. The Labute approximate surface area is 209 Å². The summed E-state index contributed by atoms with van der Waals surface area (Å²) in [4.78, 5) is 22.5. The molecule has 7 heteroatoms. The van der Waals surface area contributed by atoms with Crippen LogP contribution in [0.3, 0.4) is 0 Å². The Balaban J connectivity index is 0.00000289. The lowest BCUT2D eigenvalue weighted by molar-refractivity contribution is -0.162. The SMILES string of the molecule is Cl.O=C(OCCn1c(-c2ccccn2)nc2ccccc21)C(O)(c1ccccc1)c1ccccc1. The first-order valence-electron chi connectivity index (χ1n) is 11.1. The summed E-state index contributed by atoms with van der Waals surface area (Å²) in [6.07, 6.45) is 1.72. The van der Waals surface area contributed by atoms with Gasteiger partial charge in [0.15, 0.2) is 5.82 Å². The smallest absolute Gasteiger partial charge is 0.347 e. The van der Waals surface area contributed by atoms with Crippen LogP contribution in [0.1, 0.15) is 11.1 Å². The Kier molecular flexibility index (Phi) is 7.25. The molecule has 2 heterocycles. The third-order valence-corrected chi connectivity index (χ3v) is 5.78. The molecule has 0 atom stereocenters. The van der Waals surface area contributed by atoms with Crippen molar-refractivity contribution < 1.29 is 14.6 Å². The largest absolute Gasteiger partial charge is 0.461 e. The lowest BCUT2D eigenvalue weighted by atomic mass is 9.86. The van der Waals surface area contributed by atoms with Crippen LogP contribution in [0, 0.1) is 0 Å². The number of fused-ring (bicyclic) bond motifs is 1. The predicted octanol–water partition coefficient (Wildman–Crippen LogP) is 5.00. The first kappa shape index (κ1) is 24.1. The van der Waals surface area contributed by atoms with Gasteiger partial charge in [0.05, 0.1) is 17.6 Å². The van der Waals surface area contributed by atoms with Gasteiger partial charge in [-0.15, -0.1) is 12.4 Å². The average Bonchev–Trinajstić information content (AvgIpc) is 3.28. The Bertz CT molecular complexity index is 1370. The molecule has 35 heavy (non-hydrogen) atoms. The van der Waals surface area contributed by atoms with Gasteiger partial charge >= 0.3 is 5.97 Å². The molecule has 5 aromatic rings. The van der Waals surface area contributed by atoms with Gasteiger partial charge in [-0.1, -0.05) is 78.9 Å². The molecule has 0 saturated heterocycles. The fraction of sp³-hybridized carbons (Fsp3) is 0.107. The number of hydrogen-bond acceptors (Lipinski definition) is 5. The number of aromatic nitrogens is 3. The van der Waals surface area contributed by atoms with Crippen LogP contribution in [0.25, 0.3) is 22.6 Å². The maximum absolute atomic E-state index is 13.3. The standard InChI is InChI=1S/C28H23N3O3.ClH/c32-27(28(33,21-11-3-1-4-12-21)22-13-5-2-6-14-22)34-20-19-31-25-17-8-7-15-23(25)30-26(31)24-16-9-10-18-29-24;/h1-18,33H,19-20H2;1H. The van der Waals surface area contributed by atoms with Gasteiger partial charge in [0.25, 0.3) is 0 Å². The number of rotatable bonds is 7. The Morgan fingerprint density at radius 2 is 1.43 bits per heavy atom. The third kappa shape index (κ3) is 4.67. The molecule has 1 N–H and O–H groups in total. The molecule has 0 bridgehead atoms. The van der Waals surface area contributed by atoms with Crippen molar-refractivity contribution in [2.24, 2.45) is 0 Å². The molecule has 0 amide bonds. The molecular weight excluding hydrogens is 462 g/mol. The Hall–Kier alpha value is -4.00. The van der Waals surface area contributed by atoms with Gasteiger partial charge in [0.1, 0.15) is 12.3 Å². The number of carbonyl (C=O) groups excluding carboxylic acids is 1. The molecule has 0 aliphatic rings. The lowest BCUT2D eigenvalue weighted by Gasteiger charge is -2.27. The molecule has 0 aliphatic heterocycles. The molecule has 176 valence electrons. The zero-order chi connectivity index (χ0) is 23.4. The van der Waals surface area contributed by atoms with Crippen molar-refractivity contribution in [2.45, 2.75) is 12.1 Å². The molecule has 3 aromatic carbocycles. The molecule has 2 aromatic heterocycles. The molecule has 0 aliphatic carbocycles. The van der Waals surface area contributed by atoms with E-state index in [0.29, 0.717) is 23.5 Å². The van der Waals surface area contributed by atoms with Gasteiger partial charge in [0, 0.05) is 6.20 Å². The normalized spacial score (nSPS) is 11.1. The number of hydrogen-bond donors (Lipinski definition) is 1. The minimum Gasteiger partial charge on any atom is -0.461 e. The highest BCUT2D eigenvalue weighted by molar-refractivity contribution is 5.86. The quantitative estimate of drug-likeness (QED) is 0.328. The van der Waals surface area contributed by atoms with Crippen molar-refractivity contribution >= 4 is 29.4 Å². The van der Waals surface area contributed by atoms with Crippen LogP contribution in [0.2, 0.25) is 0 Å². The molecular formula is C28H24ClN3O3. The second-order valence-corrected chi connectivity index (χ2v) is 7.87. The molecule has 0 unspecified atom stereocenters. The lowest BCUT2D eigenvalue weighted by Crippen LogP contribution is -2.39. The summed E-state index contributed by atoms with van der Waals surface area (Å²) in [5, 5.41) is 11.6. The van der Waals surface area contributed by atoms with E-state index in [-0.39, 0.29) is 19.0 Å². The highest BCUT2D eigenvalue weighted by atomic mass is 35.5. The van der Waals surface area contributed by atoms with Gasteiger partial charge in [0.2, 0.25) is 5.60 Å². The summed E-state index contributed by atoms with van der Waals surface area (Å²) in [7, 11) is 0. The van der Waals surface area contributed by atoms with E-state index in [9.17, 15) is 9.90 Å². The molecule has 5 rings (SSSR count). The fourth-order valence-corrected chi connectivity index (χ4v) is 4.09. The average molecular weight is 486 g/mol. The third-order valence-electron chi connectivity index (χ3n) is 5.78.